The van der Waals surface area contributed by atoms with Crippen molar-refractivity contribution in [1.82, 2.24) is 0 Å². The summed E-state index contributed by atoms with van der Waals surface area (Å²) in [7, 11) is 0. The molecule has 0 aromatic heterocycles. The van der Waals surface area contributed by atoms with Gasteiger partial charge >= 0.3 is 0 Å². The summed E-state index contributed by atoms with van der Waals surface area (Å²) in [5.74, 6) is 0. The van der Waals surface area contributed by atoms with E-state index in [0.717, 1.165) is 0 Å². The molecule has 0 heterocycles. The molecule has 4 nitrogen and oxygen atoms in total. The fraction of sp³-hybridized carbons (Fsp3) is 0.429. The van der Waals surface area contributed by atoms with Gasteiger partial charge in [-0.3, -0.25) is 0 Å². The highest BCUT2D eigenvalue weighted by Gasteiger charge is 2.27. The lowest BCUT2D eigenvalue weighted by atomic mass is 9.96. The Labute approximate surface area is 106 Å². The van der Waals surface area contributed by atoms with Crippen molar-refractivity contribution in [3.63, 3.8) is 0 Å². The molecule has 2 atom stereocenters. The van der Waals surface area contributed by atoms with Gasteiger partial charge in [-0.1, -0.05) is 48.6 Å². The van der Waals surface area contributed by atoms with Crippen molar-refractivity contribution in [3.8, 4) is 0 Å². The third-order valence-electron chi connectivity index (χ3n) is 2.95. The SMILES string of the molecule is OC1(COOCC2(O)C=CC=CC2)C=CC=CC1. The van der Waals surface area contributed by atoms with Crippen LogP contribution in [0.1, 0.15) is 12.8 Å². The van der Waals surface area contributed by atoms with Crippen molar-refractivity contribution in [1.29, 1.82) is 0 Å². The van der Waals surface area contributed by atoms with Gasteiger partial charge in [-0.05, 0) is 0 Å². The van der Waals surface area contributed by atoms with Crippen LogP contribution in [0.15, 0.2) is 48.6 Å². The van der Waals surface area contributed by atoms with E-state index in [2.05, 4.69) is 0 Å². The Bertz CT molecular complexity index is 359. The van der Waals surface area contributed by atoms with Gasteiger partial charge < -0.3 is 10.2 Å². The second kappa shape index (κ2) is 5.63. The number of aliphatic hydroxyl groups is 2. The average Bonchev–Trinajstić information content (AvgIpc) is 2.37. The molecule has 18 heavy (non-hydrogen) atoms. The van der Waals surface area contributed by atoms with Crippen LogP contribution in [0.5, 0.6) is 0 Å². The summed E-state index contributed by atoms with van der Waals surface area (Å²) in [5, 5.41) is 20.1. The van der Waals surface area contributed by atoms with E-state index >= 15 is 0 Å². The zero-order chi connectivity index (χ0) is 12.9. The lowest BCUT2D eigenvalue weighted by Gasteiger charge is -2.26. The quantitative estimate of drug-likeness (QED) is 0.440. The summed E-state index contributed by atoms with van der Waals surface area (Å²) >= 11 is 0. The normalized spacial score (nSPS) is 34.1. The van der Waals surface area contributed by atoms with Crippen LogP contribution >= 0.6 is 0 Å². The molecule has 0 aliphatic heterocycles. The summed E-state index contributed by atoms with van der Waals surface area (Å²) in [6.07, 6.45) is 15.4. The molecule has 0 saturated heterocycles. The fourth-order valence-corrected chi connectivity index (χ4v) is 1.81. The van der Waals surface area contributed by atoms with Crippen molar-refractivity contribution >= 4 is 0 Å². The molecule has 2 unspecified atom stereocenters. The van der Waals surface area contributed by atoms with Gasteiger partial charge in [0.25, 0.3) is 0 Å². The van der Waals surface area contributed by atoms with E-state index in [1.165, 1.54) is 0 Å². The number of hydrogen-bond acceptors (Lipinski definition) is 4. The molecule has 2 aliphatic carbocycles. The molecule has 2 N–H and O–H groups in total. The molecule has 98 valence electrons. The number of rotatable bonds is 5. The minimum absolute atomic E-state index is 0.0451. The molecular formula is C14H18O4. The zero-order valence-electron chi connectivity index (χ0n) is 10.2. The van der Waals surface area contributed by atoms with Crippen LogP contribution in [0, 0.1) is 0 Å². The molecule has 0 fully saturated rings. The van der Waals surface area contributed by atoms with Gasteiger partial charge in [-0.2, -0.15) is 0 Å². The van der Waals surface area contributed by atoms with E-state index in [-0.39, 0.29) is 13.2 Å². The average molecular weight is 250 g/mol. The largest absolute Gasteiger partial charge is 0.383 e. The maximum Gasteiger partial charge on any atom is 0.115 e. The minimum Gasteiger partial charge on any atom is -0.383 e. The van der Waals surface area contributed by atoms with Gasteiger partial charge in [-0.25, -0.2) is 9.78 Å². The van der Waals surface area contributed by atoms with Crippen LogP contribution in [-0.4, -0.2) is 34.6 Å². The Morgan fingerprint density at radius 3 is 1.56 bits per heavy atom. The fourth-order valence-electron chi connectivity index (χ4n) is 1.81. The first-order valence-electron chi connectivity index (χ1n) is 6.00. The van der Waals surface area contributed by atoms with Crippen molar-refractivity contribution in [3.05, 3.63) is 48.6 Å². The Balaban J connectivity index is 1.70. The summed E-state index contributed by atoms with van der Waals surface area (Å²) in [6.45, 7) is 0.0902. The zero-order valence-corrected chi connectivity index (χ0v) is 10.2. The topological polar surface area (TPSA) is 58.9 Å². The highest BCUT2D eigenvalue weighted by atomic mass is 17.2. The standard InChI is InChI=1S/C14H18O4/c15-13(7-3-1-4-8-13)11-17-18-12-14(16)9-5-2-6-10-14/h1-7,9,15-16H,8,10-12H2. The van der Waals surface area contributed by atoms with E-state index in [1.54, 1.807) is 24.3 Å². The second-order valence-corrected chi connectivity index (χ2v) is 4.71. The first-order valence-corrected chi connectivity index (χ1v) is 6.00. The van der Waals surface area contributed by atoms with Gasteiger partial charge in [0.15, 0.2) is 0 Å². The lowest BCUT2D eigenvalue weighted by Crippen LogP contribution is -2.36. The van der Waals surface area contributed by atoms with Crippen LogP contribution < -0.4 is 0 Å². The van der Waals surface area contributed by atoms with E-state index in [4.69, 9.17) is 9.78 Å². The molecular weight excluding hydrogens is 232 g/mol. The molecule has 2 rings (SSSR count). The number of hydrogen-bond donors (Lipinski definition) is 2. The Kier molecular flexibility index (Phi) is 4.14. The van der Waals surface area contributed by atoms with Gasteiger partial charge in [-0.15, -0.1) is 0 Å². The highest BCUT2D eigenvalue weighted by molar-refractivity contribution is 5.18. The van der Waals surface area contributed by atoms with E-state index in [1.807, 2.05) is 24.3 Å². The monoisotopic (exact) mass is 250 g/mol. The smallest absolute Gasteiger partial charge is 0.115 e. The molecule has 4 heteroatoms. The predicted octanol–water partition coefficient (Wildman–Crippen LogP) is 1.43. The first-order chi connectivity index (χ1) is 8.62. The van der Waals surface area contributed by atoms with Crippen LogP contribution in [0.4, 0.5) is 0 Å². The summed E-state index contributed by atoms with van der Waals surface area (Å²) in [6, 6.07) is 0. The lowest BCUT2D eigenvalue weighted by molar-refractivity contribution is -0.327. The maximum atomic E-state index is 10.0. The Morgan fingerprint density at radius 2 is 1.22 bits per heavy atom. The third kappa shape index (κ3) is 3.65. The van der Waals surface area contributed by atoms with Gasteiger partial charge in [0.2, 0.25) is 0 Å². The first kappa shape index (κ1) is 13.2. The molecule has 0 spiro atoms. The van der Waals surface area contributed by atoms with Crippen molar-refractivity contribution in [2.45, 2.75) is 24.0 Å². The second-order valence-electron chi connectivity index (χ2n) is 4.71. The highest BCUT2D eigenvalue weighted by Crippen LogP contribution is 2.20. The predicted molar refractivity (Wildman–Crippen MR) is 67.6 cm³/mol. The summed E-state index contributed by atoms with van der Waals surface area (Å²) < 4.78 is 0. The molecule has 2 aliphatic rings. The van der Waals surface area contributed by atoms with E-state index in [9.17, 15) is 10.2 Å². The molecule has 0 radical (unpaired) electrons. The maximum absolute atomic E-state index is 10.0. The van der Waals surface area contributed by atoms with Crippen LogP contribution in [0.3, 0.4) is 0 Å². The van der Waals surface area contributed by atoms with Crippen LogP contribution in [0.2, 0.25) is 0 Å². The Morgan fingerprint density at radius 1 is 0.778 bits per heavy atom. The van der Waals surface area contributed by atoms with Crippen LogP contribution in [0.25, 0.3) is 0 Å². The molecule has 0 aromatic rings. The molecule has 0 bridgehead atoms. The minimum atomic E-state index is -1.01. The molecule has 0 aromatic carbocycles. The molecule has 0 amide bonds. The van der Waals surface area contributed by atoms with E-state index < -0.39 is 11.2 Å². The van der Waals surface area contributed by atoms with Crippen molar-refractivity contribution < 1.29 is 20.0 Å². The van der Waals surface area contributed by atoms with Crippen molar-refractivity contribution in [2.24, 2.45) is 0 Å². The summed E-state index contributed by atoms with van der Waals surface area (Å²) in [4.78, 5) is 9.98. The van der Waals surface area contributed by atoms with E-state index in [0.29, 0.717) is 12.8 Å². The Hall–Kier alpha value is -1.20. The van der Waals surface area contributed by atoms with Gasteiger partial charge in [0.05, 0.1) is 0 Å². The van der Waals surface area contributed by atoms with Crippen molar-refractivity contribution in [2.75, 3.05) is 13.2 Å². The van der Waals surface area contributed by atoms with Gasteiger partial charge in [0.1, 0.15) is 24.4 Å². The number of allylic oxidation sites excluding steroid dienone is 4. The van der Waals surface area contributed by atoms with Crippen LogP contribution in [-0.2, 0) is 9.78 Å². The molecule has 0 saturated carbocycles. The third-order valence-corrected chi connectivity index (χ3v) is 2.95. The summed E-state index contributed by atoms with van der Waals surface area (Å²) in [5.41, 5.74) is -2.03. The van der Waals surface area contributed by atoms with Gasteiger partial charge in [0, 0.05) is 12.8 Å².